The number of rotatable bonds is 5. The second-order valence-corrected chi connectivity index (χ2v) is 17.2. The van der Waals surface area contributed by atoms with Gasteiger partial charge >= 0.3 is 0 Å². The maximum Gasteiger partial charge on any atom is 0.164 e. The summed E-state index contributed by atoms with van der Waals surface area (Å²) in [6.45, 7) is 4.90. The lowest BCUT2D eigenvalue weighted by atomic mass is 9.54. The quantitative estimate of drug-likeness (QED) is 0.175. The van der Waals surface area contributed by atoms with Gasteiger partial charge in [0.1, 0.15) is 11.2 Å². The highest BCUT2D eigenvalue weighted by Gasteiger charge is 2.45. The summed E-state index contributed by atoms with van der Waals surface area (Å²) >= 11 is 0. The smallest absolute Gasteiger partial charge is 0.164 e. The van der Waals surface area contributed by atoms with Crippen molar-refractivity contribution in [3.05, 3.63) is 138 Å². The van der Waals surface area contributed by atoms with Crippen LogP contribution in [0.3, 0.4) is 0 Å². The Kier molecular flexibility index (Phi) is 7.83. The molecule has 2 bridgehead atoms. The van der Waals surface area contributed by atoms with E-state index in [0.717, 1.165) is 85.8 Å². The lowest BCUT2D eigenvalue weighted by molar-refractivity contribution is 0.0780. The van der Waals surface area contributed by atoms with Gasteiger partial charge in [0, 0.05) is 49.8 Å². The van der Waals surface area contributed by atoms with Crippen molar-refractivity contribution in [3.63, 3.8) is 0 Å². The Hall–Kier alpha value is -6.32. The fraction of sp³-hybridized carbons (Fsp3) is 0.255. The number of aromatic nitrogens is 4. The first-order chi connectivity index (χ1) is 27.9. The Morgan fingerprint density at radius 1 is 0.684 bits per heavy atom. The highest BCUT2D eigenvalue weighted by Crippen LogP contribution is 2.54. The molecule has 11 rings (SSSR count). The van der Waals surface area contributed by atoms with Crippen LogP contribution in [0.1, 0.15) is 74.8 Å². The van der Waals surface area contributed by atoms with Gasteiger partial charge in [0.15, 0.2) is 17.5 Å². The summed E-state index contributed by atoms with van der Waals surface area (Å²) in [5, 5.41) is 12.8. The summed E-state index contributed by atoms with van der Waals surface area (Å²) < 4.78 is 8.66. The number of para-hydroxylation sites is 1. The number of fused-ring (bicyclic) bond motifs is 8. The molecule has 0 radical (unpaired) electrons. The van der Waals surface area contributed by atoms with Crippen molar-refractivity contribution < 1.29 is 4.42 Å². The van der Waals surface area contributed by atoms with E-state index >= 15 is 0 Å². The largest absolute Gasteiger partial charge is 0.456 e. The summed E-state index contributed by atoms with van der Waals surface area (Å²) in [4.78, 5) is 15.6. The molecule has 0 saturated heterocycles. The number of nitrogens with zero attached hydrogens (tertiary/aromatic N) is 5. The van der Waals surface area contributed by atoms with Gasteiger partial charge in [0.05, 0.1) is 17.1 Å². The zero-order valence-corrected chi connectivity index (χ0v) is 32.4. The van der Waals surface area contributed by atoms with Gasteiger partial charge in [0.25, 0.3) is 0 Å². The molecule has 3 aliphatic carbocycles. The molecule has 6 heteroatoms. The molecular weight excluding hydrogens is 699 g/mol. The van der Waals surface area contributed by atoms with Crippen molar-refractivity contribution in [2.45, 2.75) is 64.2 Å². The minimum Gasteiger partial charge on any atom is -0.456 e. The average Bonchev–Trinajstić information content (AvgIpc) is 3.78. The second-order valence-electron chi connectivity index (χ2n) is 17.2. The second kappa shape index (κ2) is 13.1. The summed E-state index contributed by atoms with van der Waals surface area (Å²) in [7, 11) is 0. The lowest BCUT2D eigenvalue weighted by Crippen LogP contribution is -2.42. The number of hydrogen-bond acceptors (Lipinski definition) is 5. The Bertz CT molecular complexity index is 2920. The van der Waals surface area contributed by atoms with Crippen LogP contribution >= 0.6 is 0 Å². The van der Waals surface area contributed by atoms with Gasteiger partial charge in [-0.15, -0.1) is 0 Å². The molecule has 57 heavy (non-hydrogen) atoms. The van der Waals surface area contributed by atoms with E-state index in [0.29, 0.717) is 23.0 Å². The minimum atomic E-state index is 0.257. The van der Waals surface area contributed by atoms with Crippen molar-refractivity contribution in [2.75, 3.05) is 0 Å². The fourth-order valence-electron chi connectivity index (χ4n) is 11.0. The van der Waals surface area contributed by atoms with E-state index in [4.69, 9.17) is 19.4 Å². The molecule has 0 spiro atoms. The zero-order chi connectivity index (χ0) is 38.3. The molecule has 6 nitrogen and oxygen atoms in total. The molecule has 5 aromatic carbocycles. The average molecular weight is 742 g/mol. The predicted molar refractivity (Wildman–Crippen MR) is 229 cm³/mol. The minimum absolute atomic E-state index is 0.257. The molecule has 0 amide bonds. The van der Waals surface area contributed by atoms with E-state index in [-0.39, 0.29) is 5.41 Å². The van der Waals surface area contributed by atoms with Crippen LogP contribution in [-0.2, 0) is 11.8 Å². The van der Waals surface area contributed by atoms with Crippen LogP contribution in [-0.4, -0.2) is 19.5 Å². The first-order valence-electron chi connectivity index (χ1n) is 20.5. The van der Waals surface area contributed by atoms with Crippen LogP contribution in [0, 0.1) is 29.1 Å². The van der Waals surface area contributed by atoms with Crippen LogP contribution in [0.2, 0.25) is 0 Å². The van der Waals surface area contributed by atoms with Crippen LogP contribution in [0.25, 0.3) is 78.8 Å². The standard InChI is InChI=1S/C51H43N5O/c1-31-23-34-24-32(2)28-51(27-31,29-34)38-17-13-35(14-18-38)48-53-49(55-50(54-48)37-15-21-42-41-8-4-6-10-46(41)57-47(42)26-37)36-16-22-45-43(25-36)40-7-3-5-9-44(40)56(45)39-19-11-33(30-52)12-20-39/h3-4,6-8,10-22,25-26,31-32,34H,5,9,23-24,27-29H2,1-2H3/t31-,32+,34?,51?. The van der Waals surface area contributed by atoms with Crippen molar-refractivity contribution in [3.8, 4) is 45.9 Å². The molecule has 278 valence electrons. The van der Waals surface area contributed by atoms with E-state index in [2.05, 4.69) is 103 Å². The number of allylic oxidation sites excluding steroid dienone is 1. The molecule has 2 saturated carbocycles. The van der Waals surface area contributed by atoms with Gasteiger partial charge in [-0.1, -0.05) is 74.5 Å². The molecule has 3 aromatic heterocycles. The molecule has 2 unspecified atom stereocenters. The van der Waals surface area contributed by atoms with E-state index in [9.17, 15) is 5.26 Å². The Morgan fingerprint density at radius 2 is 1.35 bits per heavy atom. The van der Waals surface area contributed by atoms with Crippen molar-refractivity contribution in [2.24, 2.45) is 17.8 Å². The van der Waals surface area contributed by atoms with E-state index in [1.54, 1.807) is 0 Å². The predicted octanol–water partition coefficient (Wildman–Crippen LogP) is 12.7. The lowest BCUT2D eigenvalue weighted by Gasteiger charge is -2.50. The number of hydrogen-bond donors (Lipinski definition) is 0. The maximum absolute atomic E-state index is 9.45. The van der Waals surface area contributed by atoms with Crippen LogP contribution < -0.4 is 0 Å². The SMILES string of the molecule is C[C@@H]1CC2C[C@H](C)CC(c3ccc(-c4nc(-c5ccc6c(c5)oc5ccccc56)nc(-c5ccc6c(c5)c5c(n6-c6ccc(C#N)cc6)CCC=C5)n4)cc3)(C2)C1. The molecule has 3 aliphatic rings. The molecule has 3 heterocycles. The van der Waals surface area contributed by atoms with E-state index in [1.165, 1.54) is 48.9 Å². The van der Waals surface area contributed by atoms with Crippen LogP contribution in [0.5, 0.6) is 0 Å². The van der Waals surface area contributed by atoms with Gasteiger partial charge in [0.2, 0.25) is 0 Å². The first kappa shape index (κ1) is 34.0. The molecular formula is C51H43N5O. The monoisotopic (exact) mass is 741 g/mol. The number of furan rings is 1. The van der Waals surface area contributed by atoms with Crippen LogP contribution in [0.4, 0.5) is 0 Å². The topological polar surface area (TPSA) is 80.5 Å². The van der Waals surface area contributed by atoms with Gasteiger partial charge < -0.3 is 8.98 Å². The molecule has 0 N–H and O–H groups in total. The van der Waals surface area contributed by atoms with E-state index < -0.39 is 0 Å². The van der Waals surface area contributed by atoms with Gasteiger partial charge in [-0.3, -0.25) is 0 Å². The molecule has 4 atom stereocenters. The maximum atomic E-state index is 9.45. The summed E-state index contributed by atoms with van der Waals surface area (Å²) in [5.74, 6) is 4.25. The van der Waals surface area contributed by atoms with Crippen molar-refractivity contribution in [1.29, 1.82) is 5.26 Å². The highest BCUT2D eigenvalue weighted by molar-refractivity contribution is 6.05. The van der Waals surface area contributed by atoms with Crippen molar-refractivity contribution in [1.82, 2.24) is 19.5 Å². The zero-order valence-electron chi connectivity index (χ0n) is 32.4. The molecule has 8 aromatic rings. The van der Waals surface area contributed by atoms with Gasteiger partial charge in [-0.2, -0.15) is 5.26 Å². The number of benzene rings is 5. The Labute approximate surface area is 332 Å². The highest BCUT2D eigenvalue weighted by atomic mass is 16.3. The van der Waals surface area contributed by atoms with E-state index in [1.807, 2.05) is 42.5 Å². The fourth-order valence-corrected chi connectivity index (χ4v) is 11.0. The summed E-state index contributed by atoms with van der Waals surface area (Å²) in [6.07, 6.45) is 13.0. The van der Waals surface area contributed by atoms with Gasteiger partial charge in [-0.05, 0) is 134 Å². The number of nitriles is 1. The third-order valence-electron chi connectivity index (χ3n) is 13.1. The third-order valence-corrected chi connectivity index (χ3v) is 13.1. The Balaban J connectivity index is 1.05. The van der Waals surface area contributed by atoms with Gasteiger partial charge in [-0.25, -0.2) is 15.0 Å². The molecule has 2 fully saturated rings. The van der Waals surface area contributed by atoms with Crippen molar-refractivity contribution >= 4 is 38.9 Å². The third kappa shape index (κ3) is 5.71. The molecule has 0 aliphatic heterocycles. The van der Waals surface area contributed by atoms with Crippen LogP contribution in [0.15, 0.2) is 120 Å². The first-order valence-corrected chi connectivity index (χ1v) is 20.5. The Morgan fingerprint density at radius 3 is 2.11 bits per heavy atom. The normalized spacial score (nSPS) is 21.5. The summed E-state index contributed by atoms with van der Waals surface area (Å²) in [5.41, 5.74) is 11.5. The summed E-state index contributed by atoms with van der Waals surface area (Å²) in [6, 6.07) is 40.4.